The topological polar surface area (TPSA) is 34.1 Å². The molecule has 1 heterocycles. The van der Waals surface area contributed by atoms with E-state index < -0.39 is 0 Å². The Labute approximate surface area is 105 Å². The van der Waals surface area contributed by atoms with E-state index in [2.05, 4.69) is 46.7 Å². The van der Waals surface area contributed by atoms with E-state index in [1.54, 1.807) is 12.3 Å². The monoisotopic (exact) mass is 284 g/mol. The molecular weight excluding hydrogens is 268 g/mol. The van der Waals surface area contributed by atoms with Crippen LogP contribution in [0.5, 0.6) is 5.88 Å². The minimum absolute atomic E-state index is 0.436. The zero-order valence-corrected chi connectivity index (χ0v) is 11.3. The quantitative estimate of drug-likeness (QED) is 0.816. The van der Waals surface area contributed by atoms with Crippen molar-refractivity contribution in [2.75, 3.05) is 6.61 Å². The smallest absolute Gasteiger partial charge is 0.218 e. The lowest BCUT2D eigenvalue weighted by Gasteiger charge is -2.12. The molecule has 0 radical (unpaired) electrons. The van der Waals surface area contributed by atoms with Crippen molar-refractivity contribution in [1.82, 2.24) is 10.3 Å². The second kappa shape index (κ2) is 6.66. The van der Waals surface area contributed by atoms with Crippen LogP contribution in [0.2, 0.25) is 0 Å². The van der Waals surface area contributed by atoms with Crippen LogP contribution in [0.3, 0.4) is 0 Å². The van der Waals surface area contributed by atoms with Crippen molar-refractivity contribution >= 4 is 15.9 Å². The predicted molar refractivity (Wildman–Crippen MR) is 69.6 cm³/mol. The molecule has 0 saturated carbocycles. The molecule has 0 aliphatic carbocycles. The van der Waals surface area contributed by atoms with Crippen LogP contribution in [0.4, 0.5) is 0 Å². The van der Waals surface area contributed by atoms with E-state index in [4.69, 9.17) is 4.74 Å². The van der Waals surface area contributed by atoms with E-state index in [1.807, 2.05) is 6.07 Å². The Hall–Kier alpha value is -0.870. The van der Waals surface area contributed by atoms with Crippen molar-refractivity contribution in [3.8, 4) is 5.88 Å². The lowest BCUT2D eigenvalue weighted by molar-refractivity contribution is 0.342. The van der Waals surface area contributed by atoms with Gasteiger partial charge in [0.15, 0.2) is 0 Å². The Morgan fingerprint density at radius 3 is 3.00 bits per heavy atom. The first kappa shape index (κ1) is 13.2. The Balaban J connectivity index is 2.76. The third-order valence-electron chi connectivity index (χ3n) is 1.93. The van der Waals surface area contributed by atoms with Crippen molar-refractivity contribution in [2.45, 2.75) is 26.4 Å². The van der Waals surface area contributed by atoms with Crippen molar-refractivity contribution in [2.24, 2.45) is 0 Å². The molecular formula is C12H17BrN2O. The minimum Gasteiger partial charge on any atom is -0.473 e. The summed E-state index contributed by atoms with van der Waals surface area (Å²) in [6, 6.07) is 2.45. The Morgan fingerprint density at radius 1 is 1.62 bits per heavy atom. The van der Waals surface area contributed by atoms with Gasteiger partial charge in [0.25, 0.3) is 0 Å². The zero-order chi connectivity index (χ0) is 12.0. The third kappa shape index (κ3) is 4.33. The van der Waals surface area contributed by atoms with Gasteiger partial charge >= 0.3 is 0 Å². The molecule has 0 fully saturated rings. The molecule has 0 aromatic carbocycles. The molecule has 3 nitrogen and oxygen atoms in total. The number of halogens is 1. The van der Waals surface area contributed by atoms with Gasteiger partial charge in [0.2, 0.25) is 5.88 Å². The van der Waals surface area contributed by atoms with Crippen LogP contribution in [0, 0.1) is 0 Å². The molecule has 4 heteroatoms. The van der Waals surface area contributed by atoms with Crippen molar-refractivity contribution in [3.63, 3.8) is 0 Å². The van der Waals surface area contributed by atoms with Crippen LogP contribution >= 0.6 is 15.9 Å². The second-order valence-electron chi connectivity index (χ2n) is 3.75. The molecule has 0 atom stereocenters. The number of rotatable bonds is 6. The fraction of sp³-hybridized carbons (Fsp3) is 0.417. The highest BCUT2D eigenvalue weighted by molar-refractivity contribution is 9.10. The Morgan fingerprint density at radius 2 is 2.38 bits per heavy atom. The molecule has 1 rings (SSSR count). The standard InChI is InChI=1S/C12H17BrN2O/c1-4-5-16-12-10(7-14-9(2)3)6-11(13)8-15-12/h4,6,8-9,14H,1,5,7H2,2-3H3. The third-order valence-corrected chi connectivity index (χ3v) is 2.36. The van der Waals surface area contributed by atoms with Gasteiger partial charge in [-0.15, -0.1) is 0 Å². The summed E-state index contributed by atoms with van der Waals surface area (Å²) in [7, 11) is 0. The number of aromatic nitrogens is 1. The van der Waals surface area contributed by atoms with Crippen LogP contribution in [0.15, 0.2) is 29.4 Å². The molecule has 16 heavy (non-hydrogen) atoms. The molecule has 0 spiro atoms. The van der Waals surface area contributed by atoms with Gasteiger partial charge in [-0.25, -0.2) is 4.98 Å². The Kier molecular flexibility index (Phi) is 5.49. The van der Waals surface area contributed by atoms with E-state index in [1.165, 1.54) is 0 Å². The van der Waals surface area contributed by atoms with E-state index in [0.29, 0.717) is 18.5 Å². The first-order chi connectivity index (χ1) is 7.63. The van der Waals surface area contributed by atoms with Crippen molar-refractivity contribution in [3.05, 3.63) is 35.0 Å². The summed E-state index contributed by atoms with van der Waals surface area (Å²) in [5.41, 5.74) is 1.05. The summed E-state index contributed by atoms with van der Waals surface area (Å²) >= 11 is 3.41. The van der Waals surface area contributed by atoms with Gasteiger partial charge in [-0.2, -0.15) is 0 Å². The highest BCUT2D eigenvalue weighted by Gasteiger charge is 2.06. The number of nitrogens with one attached hydrogen (secondary N) is 1. The zero-order valence-electron chi connectivity index (χ0n) is 9.66. The molecule has 0 unspecified atom stereocenters. The molecule has 1 aromatic heterocycles. The maximum absolute atomic E-state index is 5.48. The van der Waals surface area contributed by atoms with Crippen LogP contribution in [-0.4, -0.2) is 17.6 Å². The van der Waals surface area contributed by atoms with Crippen molar-refractivity contribution in [1.29, 1.82) is 0 Å². The van der Waals surface area contributed by atoms with Gasteiger partial charge in [-0.3, -0.25) is 0 Å². The largest absolute Gasteiger partial charge is 0.473 e. The average Bonchev–Trinajstić information content (AvgIpc) is 2.25. The van der Waals surface area contributed by atoms with E-state index in [0.717, 1.165) is 16.6 Å². The molecule has 0 aliphatic rings. The van der Waals surface area contributed by atoms with E-state index >= 15 is 0 Å². The first-order valence-corrected chi connectivity index (χ1v) is 6.04. The first-order valence-electron chi connectivity index (χ1n) is 5.25. The molecule has 1 aromatic rings. The number of hydrogen-bond donors (Lipinski definition) is 1. The molecule has 1 N–H and O–H groups in total. The maximum atomic E-state index is 5.48. The summed E-state index contributed by atoms with van der Waals surface area (Å²) in [5.74, 6) is 0.663. The lowest BCUT2D eigenvalue weighted by Crippen LogP contribution is -2.22. The van der Waals surface area contributed by atoms with E-state index in [-0.39, 0.29) is 0 Å². The number of nitrogens with zero attached hydrogens (tertiary/aromatic N) is 1. The van der Waals surface area contributed by atoms with Gasteiger partial charge in [-0.05, 0) is 22.0 Å². The summed E-state index contributed by atoms with van der Waals surface area (Å²) in [4.78, 5) is 4.24. The van der Waals surface area contributed by atoms with Crippen molar-refractivity contribution < 1.29 is 4.74 Å². The SMILES string of the molecule is C=CCOc1ncc(Br)cc1CNC(C)C. The van der Waals surface area contributed by atoms with Gasteiger partial charge < -0.3 is 10.1 Å². The average molecular weight is 285 g/mol. The predicted octanol–water partition coefficient (Wildman–Crippen LogP) is 2.91. The van der Waals surface area contributed by atoms with E-state index in [9.17, 15) is 0 Å². The molecule has 0 aliphatic heterocycles. The Bertz CT molecular complexity index is 353. The summed E-state index contributed by atoms with van der Waals surface area (Å²) in [6.45, 7) is 9.06. The van der Waals surface area contributed by atoms with Gasteiger partial charge in [0.1, 0.15) is 6.61 Å². The highest BCUT2D eigenvalue weighted by atomic mass is 79.9. The van der Waals surface area contributed by atoms with Crippen LogP contribution in [0.25, 0.3) is 0 Å². The van der Waals surface area contributed by atoms with Gasteiger partial charge in [-0.1, -0.05) is 26.5 Å². The summed E-state index contributed by atoms with van der Waals surface area (Å²) in [5, 5.41) is 3.34. The fourth-order valence-electron chi connectivity index (χ4n) is 1.18. The highest BCUT2D eigenvalue weighted by Crippen LogP contribution is 2.20. The summed E-state index contributed by atoms with van der Waals surface area (Å²) in [6.07, 6.45) is 3.45. The molecule has 88 valence electrons. The molecule has 0 saturated heterocycles. The minimum atomic E-state index is 0.436. The maximum Gasteiger partial charge on any atom is 0.218 e. The fourth-order valence-corrected chi connectivity index (χ4v) is 1.56. The van der Waals surface area contributed by atoms with Crippen LogP contribution < -0.4 is 10.1 Å². The lowest BCUT2D eigenvalue weighted by atomic mass is 10.2. The normalized spacial score (nSPS) is 10.5. The molecule has 0 amide bonds. The summed E-state index contributed by atoms with van der Waals surface area (Å²) < 4.78 is 6.44. The van der Waals surface area contributed by atoms with Crippen LogP contribution in [-0.2, 0) is 6.54 Å². The number of hydrogen-bond acceptors (Lipinski definition) is 3. The number of ether oxygens (including phenoxy) is 1. The van der Waals surface area contributed by atoms with Gasteiger partial charge in [0.05, 0.1) is 0 Å². The second-order valence-corrected chi connectivity index (χ2v) is 4.67. The molecule has 0 bridgehead atoms. The van der Waals surface area contributed by atoms with Gasteiger partial charge in [0, 0.05) is 28.8 Å². The van der Waals surface area contributed by atoms with Crippen LogP contribution in [0.1, 0.15) is 19.4 Å². The number of pyridine rings is 1.